The lowest BCUT2D eigenvalue weighted by atomic mass is 10.0. The van der Waals surface area contributed by atoms with Crippen LogP contribution in [0.1, 0.15) is 22.5 Å². The predicted molar refractivity (Wildman–Crippen MR) is 105 cm³/mol. The van der Waals surface area contributed by atoms with E-state index < -0.39 is 0 Å². The Hall–Kier alpha value is -2.64. The lowest BCUT2D eigenvalue weighted by Gasteiger charge is -2.11. The quantitative estimate of drug-likeness (QED) is 0.438. The van der Waals surface area contributed by atoms with Gasteiger partial charge in [-0.1, -0.05) is 78.3 Å². The average Bonchev–Trinajstić information content (AvgIpc) is 2.64. The molecule has 0 saturated heterocycles. The van der Waals surface area contributed by atoms with Crippen LogP contribution in [-0.4, -0.2) is 4.98 Å². The van der Waals surface area contributed by atoms with E-state index in [1.807, 2.05) is 24.3 Å². The van der Waals surface area contributed by atoms with Gasteiger partial charge in [-0.15, -0.1) is 0 Å². The van der Waals surface area contributed by atoms with Crippen LogP contribution < -0.4 is 0 Å². The third-order valence-corrected chi connectivity index (χ3v) is 4.60. The fraction of sp³-hybridized carbons (Fsp3) is 0.0870. The monoisotopic (exact) mass is 343 g/mol. The highest BCUT2D eigenvalue weighted by molar-refractivity contribution is 6.31. The van der Waals surface area contributed by atoms with Crippen molar-refractivity contribution in [1.29, 1.82) is 0 Å². The molecule has 0 spiro atoms. The molecule has 0 radical (unpaired) electrons. The van der Waals surface area contributed by atoms with Crippen LogP contribution >= 0.6 is 11.6 Å². The number of hydrogen-bond acceptors (Lipinski definition) is 1. The fourth-order valence-corrected chi connectivity index (χ4v) is 3.34. The smallest absolute Gasteiger partial charge is 0.0529 e. The van der Waals surface area contributed by atoms with Gasteiger partial charge in [-0.2, -0.15) is 0 Å². The molecule has 3 aromatic carbocycles. The molecule has 0 unspecified atom stereocenters. The van der Waals surface area contributed by atoms with Gasteiger partial charge in [0.05, 0.1) is 5.69 Å². The van der Waals surface area contributed by atoms with Crippen molar-refractivity contribution in [3.8, 4) is 0 Å². The van der Waals surface area contributed by atoms with Crippen LogP contribution in [0.3, 0.4) is 0 Å². The molecule has 25 heavy (non-hydrogen) atoms. The SMILES string of the molecule is Clc1ccc2cc(Cc3ccccc3)nc(Cc3ccccc3)c2c1. The lowest BCUT2D eigenvalue weighted by Crippen LogP contribution is -2.00. The predicted octanol–water partition coefficient (Wildman–Crippen LogP) is 6.07. The molecule has 2 heteroatoms. The molecule has 0 aliphatic heterocycles. The van der Waals surface area contributed by atoms with Crippen molar-refractivity contribution in [2.75, 3.05) is 0 Å². The minimum Gasteiger partial charge on any atom is -0.257 e. The Morgan fingerprint density at radius 1 is 0.680 bits per heavy atom. The van der Waals surface area contributed by atoms with Crippen LogP contribution in [0.4, 0.5) is 0 Å². The first-order valence-electron chi connectivity index (χ1n) is 8.44. The normalized spacial score (nSPS) is 10.9. The molecule has 0 fully saturated rings. The number of aromatic nitrogens is 1. The summed E-state index contributed by atoms with van der Waals surface area (Å²) in [7, 11) is 0. The van der Waals surface area contributed by atoms with Gasteiger partial charge in [0.1, 0.15) is 0 Å². The number of pyridine rings is 1. The largest absolute Gasteiger partial charge is 0.257 e. The maximum absolute atomic E-state index is 6.24. The summed E-state index contributed by atoms with van der Waals surface area (Å²) < 4.78 is 0. The summed E-state index contributed by atoms with van der Waals surface area (Å²) >= 11 is 6.24. The summed E-state index contributed by atoms with van der Waals surface area (Å²) in [6, 6.07) is 29.2. The fourth-order valence-electron chi connectivity index (χ4n) is 3.17. The van der Waals surface area contributed by atoms with Gasteiger partial charge in [0.15, 0.2) is 0 Å². The van der Waals surface area contributed by atoms with Crippen molar-refractivity contribution in [2.24, 2.45) is 0 Å². The summed E-state index contributed by atoms with van der Waals surface area (Å²) in [6.07, 6.45) is 1.64. The molecule has 0 atom stereocenters. The molecule has 0 bridgehead atoms. The molecule has 0 saturated carbocycles. The first kappa shape index (κ1) is 15.9. The molecular formula is C23H18ClN. The Kier molecular flexibility index (Phi) is 4.49. The van der Waals surface area contributed by atoms with Gasteiger partial charge in [0.2, 0.25) is 0 Å². The average molecular weight is 344 g/mol. The second-order valence-corrected chi connectivity index (χ2v) is 6.69. The zero-order valence-corrected chi connectivity index (χ0v) is 14.6. The third kappa shape index (κ3) is 3.72. The minimum absolute atomic E-state index is 0.749. The summed E-state index contributed by atoms with van der Waals surface area (Å²) in [6.45, 7) is 0. The van der Waals surface area contributed by atoms with Crippen molar-refractivity contribution in [2.45, 2.75) is 12.8 Å². The van der Waals surface area contributed by atoms with Crippen LogP contribution in [0.2, 0.25) is 5.02 Å². The van der Waals surface area contributed by atoms with Crippen LogP contribution in [0.25, 0.3) is 10.8 Å². The van der Waals surface area contributed by atoms with Gasteiger partial charge < -0.3 is 0 Å². The molecule has 0 amide bonds. The van der Waals surface area contributed by atoms with Crippen LogP contribution in [0.15, 0.2) is 84.9 Å². The van der Waals surface area contributed by atoms with Crippen LogP contribution in [0, 0.1) is 0 Å². The van der Waals surface area contributed by atoms with E-state index in [1.54, 1.807) is 0 Å². The van der Waals surface area contributed by atoms with E-state index in [-0.39, 0.29) is 0 Å². The number of hydrogen-bond donors (Lipinski definition) is 0. The third-order valence-electron chi connectivity index (χ3n) is 4.37. The molecule has 122 valence electrons. The van der Waals surface area contributed by atoms with Crippen molar-refractivity contribution in [3.63, 3.8) is 0 Å². The highest BCUT2D eigenvalue weighted by Gasteiger charge is 2.09. The second-order valence-electron chi connectivity index (χ2n) is 6.25. The molecule has 4 aromatic rings. The molecular weight excluding hydrogens is 326 g/mol. The number of nitrogens with zero attached hydrogens (tertiary/aromatic N) is 1. The zero-order chi connectivity index (χ0) is 17.1. The van der Waals surface area contributed by atoms with Gasteiger partial charge in [0.25, 0.3) is 0 Å². The van der Waals surface area contributed by atoms with E-state index in [4.69, 9.17) is 16.6 Å². The minimum atomic E-state index is 0.749. The van der Waals surface area contributed by atoms with Crippen molar-refractivity contribution >= 4 is 22.4 Å². The van der Waals surface area contributed by atoms with Crippen LogP contribution in [-0.2, 0) is 12.8 Å². The Labute approximate surface area is 152 Å². The van der Waals surface area contributed by atoms with Gasteiger partial charge in [-0.3, -0.25) is 4.98 Å². The van der Waals surface area contributed by atoms with Crippen molar-refractivity contribution < 1.29 is 0 Å². The Balaban J connectivity index is 1.79. The number of fused-ring (bicyclic) bond motifs is 1. The number of benzene rings is 3. The van der Waals surface area contributed by atoms with Crippen molar-refractivity contribution in [1.82, 2.24) is 4.98 Å². The highest BCUT2D eigenvalue weighted by atomic mass is 35.5. The molecule has 1 heterocycles. The van der Waals surface area contributed by atoms with Gasteiger partial charge in [0, 0.05) is 28.9 Å². The van der Waals surface area contributed by atoms with Gasteiger partial charge in [-0.05, 0) is 34.7 Å². The van der Waals surface area contributed by atoms with E-state index in [0.717, 1.165) is 34.6 Å². The highest BCUT2D eigenvalue weighted by Crippen LogP contribution is 2.25. The lowest BCUT2D eigenvalue weighted by molar-refractivity contribution is 1.01. The first-order valence-corrected chi connectivity index (χ1v) is 8.82. The van der Waals surface area contributed by atoms with E-state index >= 15 is 0 Å². The number of rotatable bonds is 4. The Bertz CT molecular complexity index is 994. The summed E-state index contributed by atoms with van der Waals surface area (Å²) in [5, 5.41) is 3.07. The molecule has 1 aromatic heterocycles. The summed E-state index contributed by atoms with van der Waals surface area (Å²) in [4.78, 5) is 4.97. The maximum Gasteiger partial charge on any atom is 0.0529 e. The van der Waals surface area contributed by atoms with E-state index in [9.17, 15) is 0 Å². The molecule has 0 aliphatic rings. The Morgan fingerprint density at radius 3 is 2.00 bits per heavy atom. The number of halogens is 1. The molecule has 0 aliphatic carbocycles. The maximum atomic E-state index is 6.24. The van der Waals surface area contributed by atoms with Gasteiger partial charge >= 0.3 is 0 Å². The van der Waals surface area contributed by atoms with E-state index in [1.165, 1.54) is 16.5 Å². The second kappa shape index (κ2) is 7.08. The van der Waals surface area contributed by atoms with E-state index in [0.29, 0.717) is 0 Å². The standard InChI is InChI=1S/C23H18ClN/c24-20-12-11-19-15-21(13-17-7-3-1-4-8-17)25-23(22(19)16-20)14-18-9-5-2-6-10-18/h1-12,15-16H,13-14H2. The molecule has 4 rings (SSSR count). The molecule has 1 nitrogen and oxygen atoms in total. The van der Waals surface area contributed by atoms with Crippen molar-refractivity contribution in [3.05, 3.63) is 112 Å². The first-order chi connectivity index (χ1) is 12.3. The van der Waals surface area contributed by atoms with Gasteiger partial charge in [-0.25, -0.2) is 0 Å². The summed E-state index contributed by atoms with van der Waals surface area (Å²) in [5.41, 5.74) is 4.70. The Morgan fingerprint density at radius 2 is 1.32 bits per heavy atom. The van der Waals surface area contributed by atoms with Crippen LogP contribution in [0.5, 0.6) is 0 Å². The molecule has 0 N–H and O–H groups in total. The topological polar surface area (TPSA) is 12.9 Å². The summed E-state index contributed by atoms with van der Waals surface area (Å²) in [5.74, 6) is 0. The van der Waals surface area contributed by atoms with E-state index in [2.05, 4.69) is 60.7 Å². The zero-order valence-electron chi connectivity index (χ0n) is 13.8.